The SMILES string of the molecule is CC1CCC(n2ncc(C(=O)O)c2N)CC1C. The van der Waals surface area contributed by atoms with Gasteiger partial charge in [0.05, 0.1) is 12.2 Å². The van der Waals surface area contributed by atoms with Crippen LogP contribution in [0.1, 0.15) is 49.5 Å². The molecule has 2 rings (SSSR count). The van der Waals surface area contributed by atoms with Crippen LogP contribution in [0, 0.1) is 11.8 Å². The molecular formula is C12H19N3O2. The van der Waals surface area contributed by atoms with Crippen molar-refractivity contribution in [2.24, 2.45) is 11.8 Å². The third kappa shape index (κ3) is 2.14. The maximum atomic E-state index is 10.9. The van der Waals surface area contributed by atoms with Crippen molar-refractivity contribution in [2.75, 3.05) is 5.73 Å². The van der Waals surface area contributed by atoms with Crippen molar-refractivity contribution in [1.29, 1.82) is 0 Å². The largest absolute Gasteiger partial charge is 0.477 e. The highest BCUT2D eigenvalue weighted by Crippen LogP contribution is 2.37. The lowest BCUT2D eigenvalue weighted by Crippen LogP contribution is -2.25. The lowest BCUT2D eigenvalue weighted by atomic mass is 9.79. The molecule has 17 heavy (non-hydrogen) atoms. The highest BCUT2D eigenvalue weighted by Gasteiger charge is 2.28. The molecule has 94 valence electrons. The van der Waals surface area contributed by atoms with Crippen molar-refractivity contribution in [3.8, 4) is 0 Å². The molecule has 5 heteroatoms. The van der Waals surface area contributed by atoms with Crippen LogP contribution in [0.4, 0.5) is 5.82 Å². The van der Waals surface area contributed by atoms with Gasteiger partial charge in [0.1, 0.15) is 11.4 Å². The van der Waals surface area contributed by atoms with Gasteiger partial charge in [0.25, 0.3) is 0 Å². The summed E-state index contributed by atoms with van der Waals surface area (Å²) in [6.45, 7) is 4.49. The number of carboxylic acids is 1. The van der Waals surface area contributed by atoms with Gasteiger partial charge < -0.3 is 10.8 Å². The van der Waals surface area contributed by atoms with Crippen LogP contribution in [0.3, 0.4) is 0 Å². The van der Waals surface area contributed by atoms with Gasteiger partial charge in [-0.2, -0.15) is 5.10 Å². The smallest absolute Gasteiger partial charge is 0.341 e. The topological polar surface area (TPSA) is 81.1 Å². The summed E-state index contributed by atoms with van der Waals surface area (Å²) in [5.41, 5.74) is 5.94. The minimum Gasteiger partial charge on any atom is -0.477 e. The van der Waals surface area contributed by atoms with Crippen molar-refractivity contribution < 1.29 is 9.90 Å². The second-order valence-corrected chi connectivity index (χ2v) is 5.11. The predicted molar refractivity (Wildman–Crippen MR) is 64.8 cm³/mol. The predicted octanol–water partition coefficient (Wildman–Crippen LogP) is 2.16. The van der Waals surface area contributed by atoms with Gasteiger partial charge in [0.15, 0.2) is 0 Å². The number of carboxylic acid groups (broad SMARTS) is 1. The summed E-state index contributed by atoms with van der Waals surface area (Å²) in [7, 11) is 0. The molecule has 0 saturated heterocycles. The van der Waals surface area contributed by atoms with Gasteiger partial charge in [-0.05, 0) is 31.1 Å². The first kappa shape index (κ1) is 12.0. The van der Waals surface area contributed by atoms with E-state index in [-0.39, 0.29) is 17.4 Å². The summed E-state index contributed by atoms with van der Waals surface area (Å²) in [4.78, 5) is 10.9. The molecule has 0 bridgehead atoms. The fourth-order valence-electron chi connectivity index (χ4n) is 2.57. The van der Waals surface area contributed by atoms with E-state index in [1.165, 1.54) is 6.20 Å². The molecule has 3 unspecified atom stereocenters. The number of hydrogen-bond donors (Lipinski definition) is 2. The second kappa shape index (κ2) is 4.39. The van der Waals surface area contributed by atoms with Crippen LogP contribution in [0.5, 0.6) is 0 Å². The molecular weight excluding hydrogens is 218 g/mol. The number of nitrogen functional groups attached to an aromatic ring is 1. The molecule has 0 radical (unpaired) electrons. The average molecular weight is 237 g/mol. The zero-order valence-electron chi connectivity index (χ0n) is 10.3. The Hall–Kier alpha value is -1.52. The van der Waals surface area contributed by atoms with Gasteiger partial charge in [-0.1, -0.05) is 13.8 Å². The van der Waals surface area contributed by atoms with Crippen molar-refractivity contribution >= 4 is 11.8 Å². The maximum Gasteiger partial charge on any atom is 0.341 e. The third-order valence-electron chi connectivity index (χ3n) is 3.98. The molecule has 0 aliphatic heterocycles. The van der Waals surface area contributed by atoms with Crippen LogP contribution in [-0.2, 0) is 0 Å². The Labute approximate surface area is 101 Å². The molecule has 0 aromatic carbocycles. The van der Waals surface area contributed by atoms with E-state index in [9.17, 15) is 4.79 Å². The monoisotopic (exact) mass is 237 g/mol. The Morgan fingerprint density at radius 2 is 2.18 bits per heavy atom. The number of anilines is 1. The van der Waals surface area contributed by atoms with Crippen LogP contribution in [0.2, 0.25) is 0 Å². The molecule has 1 aliphatic carbocycles. The number of rotatable bonds is 2. The maximum absolute atomic E-state index is 10.9. The highest BCUT2D eigenvalue weighted by atomic mass is 16.4. The van der Waals surface area contributed by atoms with Gasteiger partial charge in [-0.25, -0.2) is 9.48 Å². The normalized spacial score (nSPS) is 29.2. The number of aromatic carboxylic acids is 1. The summed E-state index contributed by atoms with van der Waals surface area (Å²) >= 11 is 0. The molecule has 1 heterocycles. The second-order valence-electron chi connectivity index (χ2n) is 5.11. The van der Waals surface area contributed by atoms with E-state index in [0.717, 1.165) is 25.2 Å². The number of aromatic nitrogens is 2. The molecule has 1 aromatic rings. The van der Waals surface area contributed by atoms with Crippen molar-refractivity contribution in [3.63, 3.8) is 0 Å². The quantitative estimate of drug-likeness (QED) is 0.825. The zero-order chi connectivity index (χ0) is 12.6. The third-order valence-corrected chi connectivity index (χ3v) is 3.98. The van der Waals surface area contributed by atoms with Gasteiger partial charge in [-0.15, -0.1) is 0 Å². The lowest BCUT2D eigenvalue weighted by molar-refractivity contribution is 0.0698. The molecule has 1 aliphatic rings. The standard InChI is InChI=1S/C12H19N3O2/c1-7-3-4-9(5-8(7)2)15-11(13)10(6-14-15)12(16)17/h6-9H,3-5,13H2,1-2H3,(H,16,17). The summed E-state index contributed by atoms with van der Waals surface area (Å²) < 4.78 is 1.69. The first-order valence-electron chi connectivity index (χ1n) is 6.07. The molecule has 0 spiro atoms. The Balaban J connectivity index is 2.21. The first-order chi connectivity index (χ1) is 8.00. The summed E-state index contributed by atoms with van der Waals surface area (Å²) in [6.07, 6.45) is 4.54. The Bertz CT molecular complexity index is 427. The minimum atomic E-state index is -1.01. The number of nitrogens with zero attached hydrogens (tertiary/aromatic N) is 2. The number of nitrogens with two attached hydrogens (primary N) is 1. The van der Waals surface area contributed by atoms with E-state index < -0.39 is 5.97 Å². The minimum absolute atomic E-state index is 0.108. The van der Waals surface area contributed by atoms with Crippen LogP contribution in [0.25, 0.3) is 0 Å². The molecule has 1 fully saturated rings. The van der Waals surface area contributed by atoms with Crippen molar-refractivity contribution in [1.82, 2.24) is 9.78 Å². The van der Waals surface area contributed by atoms with E-state index >= 15 is 0 Å². The van der Waals surface area contributed by atoms with E-state index in [1.54, 1.807) is 4.68 Å². The van der Waals surface area contributed by atoms with Crippen LogP contribution >= 0.6 is 0 Å². The fraction of sp³-hybridized carbons (Fsp3) is 0.667. The molecule has 1 aromatic heterocycles. The summed E-state index contributed by atoms with van der Waals surface area (Å²) in [5, 5.41) is 13.1. The van der Waals surface area contributed by atoms with Gasteiger partial charge in [-0.3, -0.25) is 0 Å². The number of carbonyl (C=O) groups is 1. The van der Waals surface area contributed by atoms with E-state index in [2.05, 4.69) is 18.9 Å². The lowest BCUT2D eigenvalue weighted by Gasteiger charge is -2.32. The van der Waals surface area contributed by atoms with Gasteiger partial charge in [0, 0.05) is 0 Å². The van der Waals surface area contributed by atoms with Crippen LogP contribution in [-0.4, -0.2) is 20.9 Å². The zero-order valence-corrected chi connectivity index (χ0v) is 10.3. The van der Waals surface area contributed by atoms with Gasteiger partial charge >= 0.3 is 5.97 Å². The van der Waals surface area contributed by atoms with Crippen LogP contribution in [0.15, 0.2) is 6.20 Å². The van der Waals surface area contributed by atoms with E-state index in [4.69, 9.17) is 10.8 Å². The fourth-order valence-corrected chi connectivity index (χ4v) is 2.57. The molecule has 3 atom stereocenters. The Morgan fingerprint density at radius 3 is 2.71 bits per heavy atom. The van der Waals surface area contributed by atoms with E-state index in [1.807, 2.05) is 0 Å². The van der Waals surface area contributed by atoms with Crippen molar-refractivity contribution in [3.05, 3.63) is 11.8 Å². The summed E-state index contributed by atoms with van der Waals surface area (Å²) in [5.74, 6) is 0.628. The Morgan fingerprint density at radius 1 is 1.47 bits per heavy atom. The highest BCUT2D eigenvalue weighted by molar-refractivity contribution is 5.92. The number of hydrogen-bond acceptors (Lipinski definition) is 3. The van der Waals surface area contributed by atoms with Gasteiger partial charge in [0.2, 0.25) is 0 Å². The summed E-state index contributed by atoms with van der Waals surface area (Å²) in [6, 6.07) is 0.245. The molecule has 0 amide bonds. The first-order valence-corrected chi connectivity index (χ1v) is 6.07. The van der Waals surface area contributed by atoms with Crippen LogP contribution < -0.4 is 5.73 Å². The molecule has 1 saturated carbocycles. The van der Waals surface area contributed by atoms with Crippen molar-refractivity contribution in [2.45, 2.75) is 39.2 Å². The van der Waals surface area contributed by atoms with E-state index in [0.29, 0.717) is 5.92 Å². The Kier molecular flexibility index (Phi) is 3.09. The molecule has 3 N–H and O–H groups in total. The average Bonchev–Trinajstić information content (AvgIpc) is 2.64. The molecule has 5 nitrogen and oxygen atoms in total.